The highest BCUT2D eigenvalue weighted by Gasteiger charge is 2.30. The van der Waals surface area contributed by atoms with Crippen LogP contribution in [0.15, 0.2) is 30.3 Å². The number of alkyl halides is 3. The zero-order chi connectivity index (χ0) is 15.5. The molecule has 0 spiro atoms. The molecule has 7 heteroatoms. The molecule has 0 fully saturated rings. The molecule has 0 aliphatic carbocycles. The molecule has 2 rings (SSSR count). The van der Waals surface area contributed by atoms with Gasteiger partial charge in [0.1, 0.15) is 11.6 Å². The number of hydrogen-bond donors (Lipinski definition) is 1. The van der Waals surface area contributed by atoms with Crippen molar-refractivity contribution in [3.8, 4) is 17.1 Å². The Kier molecular flexibility index (Phi) is 4.30. The number of anilines is 1. The molecule has 0 unspecified atom stereocenters. The topological polar surface area (TPSA) is 47.0 Å². The fraction of sp³-hybridized carbons (Fsp3) is 0.286. The normalized spacial score (nSPS) is 11.3. The van der Waals surface area contributed by atoms with Crippen LogP contribution < -0.4 is 10.1 Å². The van der Waals surface area contributed by atoms with Crippen molar-refractivity contribution in [2.24, 2.45) is 0 Å². The van der Waals surface area contributed by atoms with E-state index >= 15 is 0 Å². The standard InChI is InChI=1S/C14H14F3N3O/c1-3-10-8-12(18-2)20-13(19-10)9-4-6-11(7-5-9)21-14(15,16)17/h4-8H,3H2,1-2H3,(H,18,19,20). The van der Waals surface area contributed by atoms with Crippen LogP contribution in [0.5, 0.6) is 5.75 Å². The maximum atomic E-state index is 12.1. The third-order valence-corrected chi connectivity index (χ3v) is 2.74. The molecule has 112 valence electrons. The summed E-state index contributed by atoms with van der Waals surface area (Å²) in [5.74, 6) is 0.844. The van der Waals surface area contributed by atoms with Crippen molar-refractivity contribution in [3.05, 3.63) is 36.0 Å². The fourth-order valence-corrected chi connectivity index (χ4v) is 1.74. The van der Waals surface area contributed by atoms with Crippen molar-refractivity contribution in [1.82, 2.24) is 9.97 Å². The third-order valence-electron chi connectivity index (χ3n) is 2.74. The summed E-state index contributed by atoms with van der Waals surface area (Å²) in [7, 11) is 1.74. The summed E-state index contributed by atoms with van der Waals surface area (Å²) >= 11 is 0. The van der Waals surface area contributed by atoms with Gasteiger partial charge in [-0.05, 0) is 30.7 Å². The Balaban J connectivity index is 2.30. The third kappa shape index (κ3) is 4.08. The first-order valence-electron chi connectivity index (χ1n) is 6.33. The van der Waals surface area contributed by atoms with Crippen LogP contribution in [0.4, 0.5) is 19.0 Å². The lowest BCUT2D eigenvalue weighted by molar-refractivity contribution is -0.274. The van der Waals surface area contributed by atoms with Crippen molar-refractivity contribution in [1.29, 1.82) is 0 Å². The number of halogens is 3. The highest BCUT2D eigenvalue weighted by Crippen LogP contribution is 2.25. The Bertz CT molecular complexity index is 590. The molecular weight excluding hydrogens is 283 g/mol. The SMILES string of the molecule is CCc1cc(NC)nc(-c2ccc(OC(F)(F)F)cc2)n1. The van der Waals surface area contributed by atoms with E-state index in [1.165, 1.54) is 24.3 Å². The predicted octanol–water partition coefficient (Wildman–Crippen LogP) is 3.65. The summed E-state index contributed by atoms with van der Waals surface area (Å²) in [5, 5.41) is 2.93. The van der Waals surface area contributed by atoms with E-state index < -0.39 is 6.36 Å². The molecule has 1 N–H and O–H groups in total. The summed E-state index contributed by atoms with van der Waals surface area (Å²) in [5.41, 5.74) is 1.47. The van der Waals surface area contributed by atoms with Crippen LogP contribution in [-0.2, 0) is 6.42 Å². The quantitative estimate of drug-likeness (QED) is 0.936. The zero-order valence-corrected chi connectivity index (χ0v) is 11.5. The highest BCUT2D eigenvalue weighted by atomic mass is 19.4. The Morgan fingerprint density at radius 1 is 1.14 bits per heavy atom. The first-order chi connectivity index (χ1) is 9.91. The molecule has 0 radical (unpaired) electrons. The average Bonchev–Trinajstić information content (AvgIpc) is 2.45. The van der Waals surface area contributed by atoms with E-state index in [9.17, 15) is 13.2 Å². The van der Waals surface area contributed by atoms with Gasteiger partial charge in [-0.3, -0.25) is 0 Å². The average molecular weight is 297 g/mol. The van der Waals surface area contributed by atoms with Crippen molar-refractivity contribution >= 4 is 5.82 Å². The van der Waals surface area contributed by atoms with Crippen LogP contribution in [-0.4, -0.2) is 23.4 Å². The van der Waals surface area contributed by atoms with E-state index in [0.717, 1.165) is 12.1 Å². The van der Waals surface area contributed by atoms with Crippen LogP contribution in [0.1, 0.15) is 12.6 Å². The summed E-state index contributed by atoms with van der Waals surface area (Å²) in [6.07, 6.45) is -3.96. The van der Waals surface area contributed by atoms with Crippen LogP contribution in [0, 0.1) is 0 Å². The molecule has 2 aromatic rings. The molecule has 0 saturated carbocycles. The number of aromatic nitrogens is 2. The van der Waals surface area contributed by atoms with Gasteiger partial charge in [0, 0.05) is 24.4 Å². The Labute approximate surface area is 120 Å². The lowest BCUT2D eigenvalue weighted by Crippen LogP contribution is -2.16. The van der Waals surface area contributed by atoms with Gasteiger partial charge >= 0.3 is 6.36 Å². The summed E-state index contributed by atoms with van der Waals surface area (Å²) in [6.45, 7) is 1.96. The lowest BCUT2D eigenvalue weighted by Gasteiger charge is -2.10. The van der Waals surface area contributed by atoms with Gasteiger partial charge in [-0.2, -0.15) is 0 Å². The Hall–Kier alpha value is -2.31. The molecule has 1 aromatic carbocycles. The Morgan fingerprint density at radius 2 is 1.81 bits per heavy atom. The van der Waals surface area contributed by atoms with Gasteiger partial charge in [0.05, 0.1) is 0 Å². The molecule has 1 aromatic heterocycles. The molecule has 4 nitrogen and oxygen atoms in total. The number of rotatable bonds is 4. The van der Waals surface area contributed by atoms with Gasteiger partial charge in [-0.1, -0.05) is 6.92 Å². The number of benzene rings is 1. The van der Waals surface area contributed by atoms with Gasteiger partial charge < -0.3 is 10.1 Å². The zero-order valence-electron chi connectivity index (χ0n) is 11.5. The first kappa shape index (κ1) is 15.1. The van der Waals surface area contributed by atoms with Crippen LogP contribution in [0.2, 0.25) is 0 Å². The smallest absolute Gasteiger partial charge is 0.406 e. The highest BCUT2D eigenvalue weighted by molar-refractivity contribution is 5.58. The molecule has 0 saturated heterocycles. The number of aryl methyl sites for hydroxylation is 1. The van der Waals surface area contributed by atoms with E-state index in [2.05, 4.69) is 20.0 Å². The maximum absolute atomic E-state index is 12.1. The summed E-state index contributed by atoms with van der Waals surface area (Å²) in [6, 6.07) is 7.29. The van der Waals surface area contributed by atoms with Crippen LogP contribution >= 0.6 is 0 Å². The molecule has 0 atom stereocenters. The minimum atomic E-state index is -4.69. The maximum Gasteiger partial charge on any atom is 0.573 e. The summed E-state index contributed by atoms with van der Waals surface area (Å²) in [4.78, 5) is 8.65. The first-order valence-corrected chi connectivity index (χ1v) is 6.33. The van der Waals surface area contributed by atoms with E-state index in [0.29, 0.717) is 17.2 Å². The second kappa shape index (κ2) is 5.99. The molecule has 0 aliphatic rings. The van der Waals surface area contributed by atoms with Crippen LogP contribution in [0.3, 0.4) is 0 Å². The van der Waals surface area contributed by atoms with Crippen molar-refractivity contribution in [2.75, 3.05) is 12.4 Å². The van der Waals surface area contributed by atoms with Gasteiger partial charge in [0.25, 0.3) is 0 Å². The number of ether oxygens (including phenoxy) is 1. The van der Waals surface area contributed by atoms with Crippen molar-refractivity contribution in [2.45, 2.75) is 19.7 Å². The van der Waals surface area contributed by atoms with Gasteiger partial charge in [0.2, 0.25) is 0 Å². The predicted molar refractivity (Wildman–Crippen MR) is 73.1 cm³/mol. The monoisotopic (exact) mass is 297 g/mol. The van der Waals surface area contributed by atoms with Crippen molar-refractivity contribution < 1.29 is 17.9 Å². The second-order valence-corrected chi connectivity index (χ2v) is 4.24. The van der Waals surface area contributed by atoms with Gasteiger partial charge in [-0.15, -0.1) is 13.2 Å². The van der Waals surface area contributed by atoms with Crippen molar-refractivity contribution in [3.63, 3.8) is 0 Å². The number of nitrogens with one attached hydrogen (secondary N) is 1. The molecule has 21 heavy (non-hydrogen) atoms. The largest absolute Gasteiger partial charge is 0.573 e. The minimum Gasteiger partial charge on any atom is -0.406 e. The van der Waals surface area contributed by atoms with Crippen LogP contribution in [0.25, 0.3) is 11.4 Å². The molecular formula is C14H14F3N3O. The minimum absolute atomic E-state index is 0.272. The number of hydrogen-bond acceptors (Lipinski definition) is 4. The molecule has 1 heterocycles. The second-order valence-electron chi connectivity index (χ2n) is 4.24. The Morgan fingerprint density at radius 3 is 2.33 bits per heavy atom. The van der Waals surface area contributed by atoms with E-state index in [1.807, 2.05) is 13.0 Å². The molecule has 0 aliphatic heterocycles. The molecule has 0 amide bonds. The summed E-state index contributed by atoms with van der Waals surface area (Å²) < 4.78 is 40.2. The van der Waals surface area contributed by atoms with Gasteiger partial charge in [0.15, 0.2) is 5.82 Å². The van der Waals surface area contributed by atoms with Gasteiger partial charge in [-0.25, -0.2) is 9.97 Å². The molecule has 0 bridgehead atoms. The van der Waals surface area contributed by atoms with E-state index in [-0.39, 0.29) is 5.75 Å². The fourth-order valence-electron chi connectivity index (χ4n) is 1.74. The number of nitrogens with zero attached hydrogens (tertiary/aromatic N) is 2. The van der Waals surface area contributed by atoms with E-state index in [4.69, 9.17) is 0 Å². The lowest BCUT2D eigenvalue weighted by atomic mass is 10.2. The van der Waals surface area contributed by atoms with E-state index in [1.54, 1.807) is 7.05 Å².